The van der Waals surface area contributed by atoms with Crippen LogP contribution in [0.15, 0.2) is 47.7 Å². The summed E-state index contributed by atoms with van der Waals surface area (Å²) in [6.45, 7) is 11.0. The van der Waals surface area contributed by atoms with Gasteiger partial charge in [0.1, 0.15) is 0 Å². The summed E-state index contributed by atoms with van der Waals surface area (Å²) in [4.78, 5) is 4.68. The van der Waals surface area contributed by atoms with Gasteiger partial charge in [-0.15, -0.1) is 0 Å². The molecule has 6 heteroatoms. The van der Waals surface area contributed by atoms with Gasteiger partial charge in [-0.2, -0.15) is 5.10 Å². The number of aryl methyl sites for hydroxylation is 2. The fourth-order valence-electron chi connectivity index (χ4n) is 2.63. The van der Waals surface area contributed by atoms with Crippen LogP contribution in [-0.2, 0) is 17.9 Å². The highest BCUT2D eigenvalue weighted by Gasteiger charge is 2.04. The van der Waals surface area contributed by atoms with Crippen molar-refractivity contribution in [3.05, 3.63) is 53.9 Å². The molecule has 2 rings (SSSR count). The number of aliphatic imine (C=N–C) groups is 1. The molecule has 0 aliphatic rings. The van der Waals surface area contributed by atoms with Crippen molar-refractivity contribution in [2.45, 2.75) is 40.3 Å². The Morgan fingerprint density at radius 1 is 1.26 bits per heavy atom. The molecular formula is C21H33N5O. The molecule has 1 atom stereocenters. The normalized spacial score (nSPS) is 12.8. The molecule has 1 unspecified atom stereocenters. The Morgan fingerprint density at radius 2 is 2.07 bits per heavy atom. The zero-order valence-electron chi connectivity index (χ0n) is 16.8. The second kappa shape index (κ2) is 12.1. The van der Waals surface area contributed by atoms with Crippen molar-refractivity contribution in [2.24, 2.45) is 10.9 Å². The third kappa shape index (κ3) is 8.73. The lowest BCUT2D eigenvalue weighted by atomic mass is 10.2. The fraction of sp³-hybridized carbons (Fsp3) is 0.524. The Bertz CT molecular complexity index is 668. The Kier molecular flexibility index (Phi) is 9.41. The summed E-state index contributed by atoms with van der Waals surface area (Å²) in [5.41, 5.74) is 2.40. The van der Waals surface area contributed by atoms with Gasteiger partial charge >= 0.3 is 0 Å². The maximum Gasteiger partial charge on any atom is 0.191 e. The van der Waals surface area contributed by atoms with E-state index in [1.54, 1.807) is 0 Å². The van der Waals surface area contributed by atoms with Gasteiger partial charge in [-0.3, -0.25) is 9.67 Å². The molecule has 1 aromatic carbocycles. The van der Waals surface area contributed by atoms with E-state index >= 15 is 0 Å². The van der Waals surface area contributed by atoms with Crippen molar-refractivity contribution in [2.75, 3.05) is 26.2 Å². The highest BCUT2D eigenvalue weighted by Crippen LogP contribution is 2.03. The molecule has 0 fully saturated rings. The second-order valence-corrected chi connectivity index (χ2v) is 6.89. The topological polar surface area (TPSA) is 63.5 Å². The van der Waals surface area contributed by atoms with E-state index in [1.165, 1.54) is 11.1 Å². The van der Waals surface area contributed by atoms with Crippen LogP contribution in [0.25, 0.3) is 0 Å². The largest absolute Gasteiger partial charge is 0.376 e. The Balaban J connectivity index is 1.65. The molecular weight excluding hydrogens is 338 g/mol. The van der Waals surface area contributed by atoms with E-state index in [1.807, 2.05) is 29.1 Å². The van der Waals surface area contributed by atoms with Gasteiger partial charge in [-0.1, -0.05) is 37.3 Å². The first kappa shape index (κ1) is 21.0. The molecule has 6 nitrogen and oxygen atoms in total. The molecule has 0 spiro atoms. The van der Waals surface area contributed by atoms with Gasteiger partial charge in [-0.25, -0.2) is 0 Å². The van der Waals surface area contributed by atoms with Crippen molar-refractivity contribution in [1.82, 2.24) is 20.4 Å². The molecule has 0 saturated heterocycles. The van der Waals surface area contributed by atoms with Crippen molar-refractivity contribution in [3.63, 3.8) is 0 Å². The number of nitrogens with one attached hydrogen (secondary N) is 2. The Morgan fingerprint density at radius 3 is 2.78 bits per heavy atom. The zero-order chi connectivity index (χ0) is 19.3. The van der Waals surface area contributed by atoms with Gasteiger partial charge in [0.2, 0.25) is 0 Å². The van der Waals surface area contributed by atoms with Gasteiger partial charge in [0.15, 0.2) is 5.96 Å². The Labute approximate surface area is 163 Å². The summed E-state index contributed by atoms with van der Waals surface area (Å²) in [6, 6.07) is 10.3. The average Bonchev–Trinajstić information content (AvgIpc) is 3.09. The third-order valence-corrected chi connectivity index (χ3v) is 4.04. The smallest absolute Gasteiger partial charge is 0.191 e. The summed E-state index contributed by atoms with van der Waals surface area (Å²) >= 11 is 0. The molecule has 0 bridgehead atoms. The lowest BCUT2D eigenvalue weighted by Gasteiger charge is -2.14. The number of aromatic nitrogens is 2. The van der Waals surface area contributed by atoms with Crippen molar-refractivity contribution in [3.8, 4) is 0 Å². The van der Waals surface area contributed by atoms with Crippen LogP contribution in [0.3, 0.4) is 0 Å². The number of rotatable bonds is 11. The van der Waals surface area contributed by atoms with Crippen LogP contribution in [-0.4, -0.2) is 42.0 Å². The minimum Gasteiger partial charge on any atom is -0.376 e. The van der Waals surface area contributed by atoms with Crippen molar-refractivity contribution in [1.29, 1.82) is 0 Å². The van der Waals surface area contributed by atoms with Crippen LogP contribution in [0.4, 0.5) is 0 Å². The van der Waals surface area contributed by atoms with E-state index in [-0.39, 0.29) is 0 Å². The lowest BCUT2D eigenvalue weighted by Crippen LogP contribution is -2.38. The molecule has 2 N–H and O–H groups in total. The summed E-state index contributed by atoms with van der Waals surface area (Å²) < 4.78 is 7.78. The maximum absolute atomic E-state index is 5.80. The summed E-state index contributed by atoms with van der Waals surface area (Å²) in [6.07, 6.45) is 4.96. The molecule has 1 aromatic heterocycles. The van der Waals surface area contributed by atoms with Crippen LogP contribution in [0.2, 0.25) is 0 Å². The summed E-state index contributed by atoms with van der Waals surface area (Å²) in [5.74, 6) is 1.24. The van der Waals surface area contributed by atoms with Crippen molar-refractivity contribution >= 4 is 5.96 Å². The fourth-order valence-corrected chi connectivity index (χ4v) is 2.63. The average molecular weight is 372 g/mol. The van der Waals surface area contributed by atoms with Gasteiger partial charge in [0.25, 0.3) is 0 Å². The highest BCUT2D eigenvalue weighted by atomic mass is 16.5. The maximum atomic E-state index is 5.80. The van der Waals surface area contributed by atoms with E-state index in [0.29, 0.717) is 19.1 Å². The molecule has 0 radical (unpaired) electrons. The second-order valence-electron chi connectivity index (χ2n) is 6.89. The first-order valence-electron chi connectivity index (χ1n) is 9.80. The molecule has 0 saturated carbocycles. The number of hydrogen-bond acceptors (Lipinski definition) is 3. The van der Waals surface area contributed by atoms with Crippen LogP contribution < -0.4 is 10.6 Å². The predicted molar refractivity (Wildman–Crippen MR) is 111 cm³/mol. The molecule has 0 aliphatic heterocycles. The first-order valence-corrected chi connectivity index (χ1v) is 9.80. The standard InChI is InChI=1S/C21H33N5O/c1-4-22-21(23-11-8-12-26-15-18(2)14-25-26)24-13-19(3)16-27-17-20-9-6-5-7-10-20/h5-7,9-10,14-15,19H,4,8,11-13,16-17H2,1-3H3,(H2,22,23,24). The van der Waals surface area contributed by atoms with Crippen molar-refractivity contribution < 1.29 is 4.74 Å². The first-order chi connectivity index (χ1) is 13.2. The minimum atomic E-state index is 0.371. The number of nitrogens with zero attached hydrogens (tertiary/aromatic N) is 3. The number of ether oxygens (including phenoxy) is 1. The van der Waals surface area contributed by atoms with E-state index < -0.39 is 0 Å². The van der Waals surface area contributed by atoms with E-state index in [0.717, 1.165) is 38.6 Å². The van der Waals surface area contributed by atoms with Gasteiger partial charge in [0, 0.05) is 32.4 Å². The zero-order valence-corrected chi connectivity index (χ0v) is 16.8. The van der Waals surface area contributed by atoms with E-state index in [2.05, 4.69) is 59.8 Å². The predicted octanol–water partition coefficient (Wildman–Crippen LogP) is 2.99. The molecule has 27 heavy (non-hydrogen) atoms. The number of hydrogen-bond donors (Lipinski definition) is 2. The van der Waals surface area contributed by atoms with E-state index in [4.69, 9.17) is 4.74 Å². The third-order valence-electron chi connectivity index (χ3n) is 4.04. The lowest BCUT2D eigenvalue weighted by molar-refractivity contribution is 0.0945. The summed E-state index contributed by atoms with van der Waals surface area (Å²) in [7, 11) is 0. The molecule has 148 valence electrons. The van der Waals surface area contributed by atoms with Crippen LogP contribution in [0.5, 0.6) is 0 Å². The van der Waals surface area contributed by atoms with Gasteiger partial charge in [0.05, 0.1) is 19.4 Å². The Hall–Kier alpha value is -2.34. The van der Waals surface area contributed by atoms with Gasteiger partial charge < -0.3 is 15.4 Å². The van der Waals surface area contributed by atoms with Crippen LogP contribution >= 0.6 is 0 Å². The summed E-state index contributed by atoms with van der Waals surface area (Å²) in [5, 5.41) is 11.0. The number of benzene rings is 1. The molecule has 0 amide bonds. The van der Waals surface area contributed by atoms with E-state index in [9.17, 15) is 0 Å². The van der Waals surface area contributed by atoms with Gasteiger partial charge in [-0.05, 0) is 37.3 Å². The monoisotopic (exact) mass is 371 g/mol. The minimum absolute atomic E-state index is 0.371. The highest BCUT2D eigenvalue weighted by molar-refractivity contribution is 5.79. The molecule has 0 aliphatic carbocycles. The van der Waals surface area contributed by atoms with Crippen LogP contribution in [0.1, 0.15) is 31.4 Å². The van der Waals surface area contributed by atoms with Crippen LogP contribution in [0, 0.1) is 12.8 Å². The number of guanidine groups is 1. The SMILES string of the molecule is CCNC(=NCC(C)COCc1ccccc1)NCCCn1cc(C)cn1. The quantitative estimate of drug-likeness (QED) is 0.362. The molecule has 2 aromatic rings. The molecule has 1 heterocycles.